The highest BCUT2D eigenvalue weighted by molar-refractivity contribution is 5.90. The van der Waals surface area contributed by atoms with E-state index in [4.69, 9.17) is 9.47 Å². The van der Waals surface area contributed by atoms with E-state index in [0.29, 0.717) is 23.0 Å². The third-order valence-electron chi connectivity index (χ3n) is 4.57. The van der Waals surface area contributed by atoms with E-state index in [2.05, 4.69) is 20.1 Å². The zero-order valence-electron chi connectivity index (χ0n) is 14.6. The molecule has 1 aromatic rings. The fourth-order valence-electron chi connectivity index (χ4n) is 2.91. The number of esters is 1. The highest BCUT2D eigenvalue weighted by Crippen LogP contribution is 2.32. The van der Waals surface area contributed by atoms with E-state index < -0.39 is 5.97 Å². The van der Waals surface area contributed by atoms with Gasteiger partial charge in [0.15, 0.2) is 0 Å². The Morgan fingerprint density at radius 3 is 2.29 bits per heavy atom. The standard InChI is InChI=1S/C21H26O3/c1-15-5-9-18(10-6-15)16(2)7-8-17(3)24-21(22)19-11-13-20(23-4)14-12-19/h7-8,11-15,18H,2-3,5-6,9-10H2,1,4H3/b8-7-. The number of carbonyl (C=O) groups is 1. The maximum atomic E-state index is 12.1. The molecule has 0 radical (unpaired) electrons. The van der Waals surface area contributed by atoms with Crippen LogP contribution in [0.15, 0.2) is 60.9 Å². The van der Waals surface area contributed by atoms with Crippen LogP contribution in [0.3, 0.4) is 0 Å². The molecule has 0 spiro atoms. The van der Waals surface area contributed by atoms with E-state index in [1.165, 1.54) is 25.7 Å². The Labute approximate surface area is 144 Å². The molecule has 1 aliphatic carbocycles. The van der Waals surface area contributed by atoms with E-state index in [0.717, 1.165) is 11.5 Å². The highest BCUT2D eigenvalue weighted by Gasteiger charge is 2.19. The fraction of sp³-hybridized carbons (Fsp3) is 0.381. The highest BCUT2D eigenvalue weighted by atomic mass is 16.5. The van der Waals surface area contributed by atoms with Crippen molar-refractivity contribution in [1.82, 2.24) is 0 Å². The lowest BCUT2D eigenvalue weighted by Gasteiger charge is -2.26. The molecule has 0 atom stereocenters. The van der Waals surface area contributed by atoms with Crippen molar-refractivity contribution in [3.8, 4) is 5.75 Å². The van der Waals surface area contributed by atoms with Gasteiger partial charge in [0.2, 0.25) is 0 Å². The Balaban J connectivity index is 1.85. The minimum Gasteiger partial charge on any atom is -0.497 e. The van der Waals surface area contributed by atoms with Crippen LogP contribution in [-0.2, 0) is 4.74 Å². The lowest BCUT2D eigenvalue weighted by Crippen LogP contribution is -2.13. The van der Waals surface area contributed by atoms with Crippen molar-refractivity contribution in [3.63, 3.8) is 0 Å². The van der Waals surface area contributed by atoms with Gasteiger partial charge in [-0.3, -0.25) is 0 Å². The van der Waals surface area contributed by atoms with Crippen LogP contribution in [0, 0.1) is 11.8 Å². The molecule has 3 nitrogen and oxygen atoms in total. The molecule has 1 saturated carbocycles. The van der Waals surface area contributed by atoms with Crippen molar-refractivity contribution in [2.75, 3.05) is 7.11 Å². The van der Waals surface area contributed by atoms with Crippen molar-refractivity contribution < 1.29 is 14.3 Å². The summed E-state index contributed by atoms with van der Waals surface area (Å²) in [5, 5.41) is 0. The average molecular weight is 326 g/mol. The molecule has 0 bridgehead atoms. The summed E-state index contributed by atoms with van der Waals surface area (Å²) in [6.45, 7) is 10.2. The summed E-state index contributed by atoms with van der Waals surface area (Å²) in [6.07, 6.45) is 8.52. The Kier molecular flexibility index (Phi) is 6.42. The van der Waals surface area contributed by atoms with E-state index in [1.807, 2.05) is 6.08 Å². The lowest BCUT2D eigenvalue weighted by atomic mass is 9.79. The van der Waals surface area contributed by atoms with Crippen LogP contribution in [0.4, 0.5) is 0 Å². The molecule has 24 heavy (non-hydrogen) atoms. The van der Waals surface area contributed by atoms with Crippen molar-refractivity contribution in [2.45, 2.75) is 32.6 Å². The Hall–Kier alpha value is -2.29. The molecular formula is C21H26O3. The first-order valence-corrected chi connectivity index (χ1v) is 8.41. The first-order chi connectivity index (χ1) is 11.5. The molecule has 0 aliphatic heterocycles. The summed E-state index contributed by atoms with van der Waals surface area (Å²) in [5.74, 6) is 1.94. The number of ether oxygens (including phenoxy) is 2. The number of benzene rings is 1. The zero-order chi connectivity index (χ0) is 17.5. The van der Waals surface area contributed by atoms with Crippen molar-refractivity contribution >= 4 is 5.97 Å². The van der Waals surface area contributed by atoms with Gasteiger partial charge in [-0.05, 0) is 55.0 Å². The number of hydrogen-bond donors (Lipinski definition) is 0. The summed E-state index contributed by atoms with van der Waals surface area (Å²) in [5.41, 5.74) is 1.55. The topological polar surface area (TPSA) is 35.5 Å². The first kappa shape index (κ1) is 18.1. The van der Waals surface area contributed by atoms with Crippen molar-refractivity contribution in [3.05, 3.63) is 66.5 Å². The summed E-state index contributed by atoms with van der Waals surface area (Å²) in [4.78, 5) is 12.1. The van der Waals surface area contributed by atoms with Gasteiger partial charge in [0, 0.05) is 0 Å². The number of rotatable bonds is 6. The number of hydrogen-bond acceptors (Lipinski definition) is 3. The zero-order valence-corrected chi connectivity index (χ0v) is 14.6. The molecule has 128 valence electrons. The van der Waals surface area contributed by atoms with Crippen LogP contribution < -0.4 is 4.74 Å². The maximum absolute atomic E-state index is 12.1. The van der Waals surface area contributed by atoms with Crippen LogP contribution in [0.1, 0.15) is 43.0 Å². The van der Waals surface area contributed by atoms with Gasteiger partial charge in [-0.15, -0.1) is 0 Å². The molecule has 0 aromatic heterocycles. The molecule has 0 N–H and O–H groups in total. The Bertz CT molecular complexity index is 617. The van der Waals surface area contributed by atoms with Crippen molar-refractivity contribution in [2.24, 2.45) is 11.8 Å². The van der Waals surface area contributed by atoms with Crippen LogP contribution in [0.2, 0.25) is 0 Å². The monoisotopic (exact) mass is 326 g/mol. The molecule has 0 amide bonds. The minimum absolute atomic E-state index is 0.321. The van der Waals surface area contributed by atoms with Gasteiger partial charge in [-0.1, -0.05) is 44.6 Å². The van der Waals surface area contributed by atoms with E-state index in [-0.39, 0.29) is 0 Å². The number of carbonyl (C=O) groups excluding carboxylic acids is 1. The minimum atomic E-state index is -0.426. The quantitative estimate of drug-likeness (QED) is 0.404. The summed E-state index contributed by atoms with van der Waals surface area (Å²) in [6, 6.07) is 6.78. The lowest BCUT2D eigenvalue weighted by molar-refractivity contribution is 0.0638. The van der Waals surface area contributed by atoms with Gasteiger partial charge in [0.05, 0.1) is 12.7 Å². The van der Waals surface area contributed by atoms with Gasteiger partial charge in [-0.2, -0.15) is 0 Å². The largest absolute Gasteiger partial charge is 0.497 e. The second-order valence-corrected chi connectivity index (χ2v) is 6.45. The fourth-order valence-corrected chi connectivity index (χ4v) is 2.91. The third kappa shape index (κ3) is 5.12. The van der Waals surface area contributed by atoms with Gasteiger partial charge < -0.3 is 9.47 Å². The molecular weight excluding hydrogens is 300 g/mol. The van der Waals surface area contributed by atoms with Gasteiger partial charge in [0.1, 0.15) is 11.5 Å². The van der Waals surface area contributed by atoms with Gasteiger partial charge in [-0.25, -0.2) is 4.79 Å². The van der Waals surface area contributed by atoms with E-state index >= 15 is 0 Å². The Morgan fingerprint density at radius 2 is 1.71 bits per heavy atom. The molecule has 0 heterocycles. The molecule has 3 heteroatoms. The Morgan fingerprint density at radius 1 is 1.08 bits per heavy atom. The normalized spacial score (nSPS) is 20.6. The molecule has 0 unspecified atom stereocenters. The number of allylic oxidation sites excluding steroid dienone is 3. The molecule has 1 aliphatic rings. The molecule has 2 rings (SSSR count). The molecule has 1 aromatic carbocycles. The number of methoxy groups -OCH3 is 1. The van der Waals surface area contributed by atoms with Gasteiger partial charge >= 0.3 is 5.97 Å². The molecule has 1 fully saturated rings. The summed E-state index contributed by atoms with van der Waals surface area (Å²) in [7, 11) is 1.58. The third-order valence-corrected chi connectivity index (χ3v) is 4.57. The predicted molar refractivity (Wildman–Crippen MR) is 97.0 cm³/mol. The second-order valence-electron chi connectivity index (χ2n) is 6.45. The van der Waals surface area contributed by atoms with Crippen LogP contribution in [0.5, 0.6) is 5.75 Å². The van der Waals surface area contributed by atoms with Crippen LogP contribution >= 0.6 is 0 Å². The predicted octanol–water partition coefficient (Wildman–Crippen LogP) is 5.30. The van der Waals surface area contributed by atoms with Crippen LogP contribution in [-0.4, -0.2) is 13.1 Å². The smallest absolute Gasteiger partial charge is 0.343 e. The van der Waals surface area contributed by atoms with Crippen LogP contribution in [0.25, 0.3) is 0 Å². The maximum Gasteiger partial charge on any atom is 0.343 e. The van der Waals surface area contributed by atoms with E-state index in [9.17, 15) is 4.79 Å². The van der Waals surface area contributed by atoms with Crippen molar-refractivity contribution in [1.29, 1.82) is 0 Å². The summed E-state index contributed by atoms with van der Waals surface area (Å²) >= 11 is 0. The second kappa shape index (κ2) is 8.53. The van der Waals surface area contributed by atoms with Gasteiger partial charge in [0.25, 0.3) is 0 Å². The average Bonchev–Trinajstić information content (AvgIpc) is 2.60. The molecule has 0 saturated heterocycles. The van der Waals surface area contributed by atoms with E-state index in [1.54, 1.807) is 37.5 Å². The SMILES string of the molecule is C=C(/C=C\C(=C)C1CCC(C)CC1)OC(=O)c1ccc(OC)cc1. The summed E-state index contributed by atoms with van der Waals surface area (Å²) < 4.78 is 10.3. The first-order valence-electron chi connectivity index (χ1n) is 8.41.